The average molecular weight is 164 g/mol. The van der Waals surface area contributed by atoms with E-state index in [0.717, 1.165) is 11.1 Å². The third-order valence-corrected chi connectivity index (χ3v) is 1.75. The fraction of sp³-hybridized carbons (Fsp3) is 0.222. The summed E-state index contributed by atoms with van der Waals surface area (Å²) < 4.78 is 0. The summed E-state index contributed by atoms with van der Waals surface area (Å²) in [5, 5.41) is 0. The molecule has 0 radical (unpaired) electrons. The molecule has 0 atom stereocenters. The van der Waals surface area contributed by atoms with Crippen molar-refractivity contribution in [2.45, 2.75) is 13.5 Å². The van der Waals surface area contributed by atoms with Gasteiger partial charge in [0.1, 0.15) is 0 Å². The maximum atomic E-state index is 10.9. The maximum Gasteiger partial charge on any atom is 0.249 e. The lowest BCUT2D eigenvalue weighted by atomic mass is 10.0. The number of benzene rings is 1. The number of amides is 1. The van der Waals surface area contributed by atoms with E-state index >= 15 is 0 Å². The highest BCUT2D eigenvalue weighted by molar-refractivity contribution is 5.94. The number of hydrogen-bond donors (Lipinski definition) is 2. The molecule has 0 aromatic heterocycles. The Morgan fingerprint density at radius 3 is 2.67 bits per heavy atom. The van der Waals surface area contributed by atoms with Crippen molar-refractivity contribution in [2.75, 3.05) is 0 Å². The Bertz CT molecular complexity index is 307. The minimum atomic E-state index is -0.421. The largest absolute Gasteiger partial charge is 0.366 e. The van der Waals surface area contributed by atoms with E-state index in [0.29, 0.717) is 12.1 Å². The van der Waals surface area contributed by atoms with Crippen LogP contribution in [0, 0.1) is 6.92 Å². The van der Waals surface area contributed by atoms with Crippen LogP contribution in [0.25, 0.3) is 0 Å². The van der Waals surface area contributed by atoms with E-state index in [-0.39, 0.29) is 0 Å². The Morgan fingerprint density at radius 1 is 1.50 bits per heavy atom. The van der Waals surface area contributed by atoms with E-state index in [1.54, 1.807) is 6.07 Å². The number of rotatable bonds is 2. The van der Waals surface area contributed by atoms with Crippen molar-refractivity contribution in [3.63, 3.8) is 0 Å². The SMILES string of the molecule is Cc1ccc(C(N)=O)c(CN)c1. The third-order valence-electron chi connectivity index (χ3n) is 1.75. The van der Waals surface area contributed by atoms with Crippen LogP contribution in [-0.2, 0) is 6.54 Å². The molecule has 0 fully saturated rings. The lowest BCUT2D eigenvalue weighted by Gasteiger charge is -2.04. The Morgan fingerprint density at radius 2 is 2.17 bits per heavy atom. The Hall–Kier alpha value is -1.35. The topological polar surface area (TPSA) is 69.1 Å². The van der Waals surface area contributed by atoms with Crippen LogP contribution in [0.3, 0.4) is 0 Å². The molecular weight excluding hydrogens is 152 g/mol. The Labute approximate surface area is 71.4 Å². The van der Waals surface area contributed by atoms with Gasteiger partial charge in [0.25, 0.3) is 0 Å². The van der Waals surface area contributed by atoms with Gasteiger partial charge < -0.3 is 11.5 Å². The molecule has 1 aromatic rings. The first-order valence-corrected chi connectivity index (χ1v) is 3.74. The average Bonchev–Trinajstić information content (AvgIpc) is 2.03. The molecular formula is C9H12N2O. The third kappa shape index (κ3) is 1.62. The summed E-state index contributed by atoms with van der Waals surface area (Å²) in [4.78, 5) is 10.9. The van der Waals surface area contributed by atoms with Crippen LogP contribution >= 0.6 is 0 Å². The predicted molar refractivity (Wildman–Crippen MR) is 47.6 cm³/mol. The van der Waals surface area contributed by atoms with Crippen molar-refractivity contribution in [1.82, 2.24) is 0 Å². The zero-order chi connectivity index (χ0) is 9.14. The molecule has 0 unspecified atom stereocenters. The summed E-state index contributed by atoms with van der Waals surface area (Å²) in [7, 11) is 0. The molecule has 0 aliphatic heterocycles. The van der Waals surface area contributed by atoms with Crippen LogP contribution < -0.4 is 11.5 Å². The van der Waals surface area contributed by atoms with Gasteiger partial charge in [-0.15, -0.1) is 0 Å². The van der Waals surface area contributed by atoms with Crippen molar-refractivity contribution >= 4 is 5.91 Å². The first-order valence-electron chi connectivity index (χ1n) is 3.74. The zero-order valence-electron chi connectivity index (χ0n) is 7.00. The fourth-order valence-electron chi connectivity index (χ4n) is 1.13. The smallest absolute Gasteiger partial charge is 0.249 e. The van der Waals surface area contributed by atoms with Crippen molar-refractivity contribution in [3.05, 3.63) is 34.9 Å². The normalized spacial score (nSPS) is 9.83. The molecule has 0 aliphatic rings. The second-order valence-electron chi connectivity index (χ2n) is 2.73. The fourth-order valence-corrected chi connectivity index (χ4v) is 1.13. The van der Waals surface area contributed by atoms with E-state index in [1.165, 1.54) is 0 Å². The highest BCUT2D eigenvalue weighted by atomic mass is 16.1. The summed E-state index contributed by atoms with van der Waals surface area (Å²) in [6, 6.07) is 5.43. The minimum absolute atomic E-state index is 0.347. The summed E-state index contributed by atoms with van der Waals surface area (Å²) in [6.45, 7) is 2.30. The molecule has 1 aromatic carbocycles. The van der Waals surface area contributed by atoms with E-state index in [1.807, 2.05) is 19.1 Å². The summed E-state index contributed by atoms with van der Waals surface area (Å²) in [6.07, 6.45) is 0. The number of carbonyl (C=O) groups is 1. The molecule has 3 nitrogen and oxygen atoms in total. The van der Waals surface area contributed by atoms with Crippen LogP contribution in [0.15, 0.2) is 18.2 Å². The molecule has 0 saturated carbocycles. The molecule has 12 heavy (non-hydrogen) atoms. The molecule has 1 amide bonds. The van der Waals surface area contributed by atoms with Crippen molar-refractivity contribution in [2.24, 2.45) is 11.5 Å². The van der Waals surface area contributed by atoms with E-state index in [4.69, 9.17) is 11.5 Å². The number of hydrogen-bond acceptors (Lipinski definition) is 2. The van der Waals surface area contributed by atoms with E-state index in [2.05, 4.69) is 0 Å². The van der Waals surface area contributed by atoms with Gasteiger partial charge in [-0.2, -0.15) is 0 Å². The van der Waals surface area contributed by atoms with Crippen molar-refractivity contribution in [3.8, 4) is 0 Å². The quantitative estimate of drug-likeness (QED) is 0.670. The zero-order valence-corrected chi connectivity index (χ0v) is 7.00. The standard InChI is InChI=1S/C9H12N2O/c1-6-2-3-8(9(11)12)7(4-6)5-10/h2-4H,5,10H2,1H3,(H2,11,12). The van der Waals surface area contributed by atoms with Crippen molar-refractivity contribution in [1.29, 1.82) is 0 Å². The van der Waals surface area contributed by atoms with Gasteiger partial charge in [-0.3, -0.25) is 4.79 Å². The van der Waals surface area contributed by atoms with Crippen LogP contribution in [0.4, 0.5) is 0 Å². The Balaban J connectivity index is 3.20. The molecule has 0 aliphatic carbocycles. The van der Waals surface area contributed by atoms with Gasteiger partial charge in [-0.1, -0.05) is 17.7 Å². The summed E-state index contributed by atoms with van der Waals surface area (Å²) in [5.74, 6) is -0.421. The second kappa shape index (κ2) is 3.36. The number of nitrogens with two attached hydrogens (primary N) is 2. The van der Waals surface area contributed by atoms with Crippen LogP contribution in [0.5, 0.6) is 0 Å². The summed E-state index contributed by atoms with van der Waals surface area (Å²) >= 11 is 0. The first kappa shape index (κ1) is 8.74. The highest BCUT2D eigenvalue weighted by Crippen LogP contribution is 2.10. The first-order chi connectivity index (χ1) is 5.65. The van der Waals surface area contributed by atoms with Gasteiger partial charge in [-0.05, 0) is 18.6 Å². The van der Waals surface area contributed by atoms with E-state index in [9.17, 15) is 4.79 Å². The lowest BCUT2D eigenvalue weighted by Crippen LogP contribution is -2.15. The Kier molecular flexibility index (Phi) is 2.45. The predicted octanol–water partition coefficient (Wildman–Crippen LogP) is 0.553. The maximum absolute atomic E-state index is 10.9. The van der Waals surface area contributed by atoms with Gasteiger partial charge in [0.15, 0.2) is 0 Å². The van der Waals surface area contributed by atoms with Gasteiger partial charge in [0.2, 0.25) is 5.91 Å². The van der Waals surface area contributed by atoms with Gasteiger partial charge >= 0.3 is 0 Å². The lowest BCUT2D eigenvalue weighted by molar-refractivity contribution is 0.0999. The number of carbonyl (C=O) groups excluding carboxylic acids is 1. The van der Waals surface area contributed by atoms with Crippen LogP contribution in [0.1, 0.15) is 21.5 Å². The second-order valence-corrected chi connectivity index (χ2v) is 2.73. The summed E-state index contributed by atoms with van der Waals surface area (Å²) in [5.41, 5.74) is 13.0. The molecule has 0 heterocycles. The molecule has 0 spiro atoms. The number of aryl methyl sites for hydroxylation is 1. The molecule has 3 heteroatoms. The van der Waals surface area contributed by atoms with E-state index < -0.39 is 5.91 Å². The monoisotopic (exact) mass is 164 g/mol. The molecule has 4 N–H and O–H groups in total. The molecule has 1 rings (SSSR count). The highest BCUT2D eigenvalue weighted by Gasteiger charge is 2.05. The van der Waals surface area contributed by atoms with Crippen molar-refractivity contribution < 1.29 is 4.79 Å². The van der Waals surface area contributed by atoms with Gasteiger partial charge in [0, 0.05) is 12.1 Å². The molecule has 0 bridgehead atoms. The van der Waals surface area contributed by atoms with Crippen LogP contribution in [-0.4, -0.2) is 5.91 Å². The van der Waals surface area contributed by atoms with Crippen LogP contribution in [0.2, 0.25) is 0 Å². The molecule has 0 saturated heterocycles. The molecule has 64 valence electrons. The number of primary amides is 1. The minimum Gasteiger partial charge on any atom is -0.366 e. The van der Waals surface area contributed by atoms with Gasteiger partial charge in [-0.25, -0.2) is 0 Å². The van der Waals surface area contributed by atoms with Gasteiger partial charge in [0.05, 0.1) is 0 Å².